The SMILES string of the molecule is Cc1cc2c(=O)c(Br)nn(-c3ccc(Cl)cc3F)c2cc1C. The van der Waals surface area contributed by atoms with Gasteiger partial charge in [0.05, 0.1) is 10.9 Å². The molecule has 0 bridgehead atoms. The second-order valence-corrected chi connectivity index (χ2v) is 6.27. The van der Waals surface area contributed by atoms with E-state index in [1.165, 1.54) is 16.8 Å². The molecule has 22 heavy (non-hydrogen) atoms. The zero-order valence-corrected chi connectivity index (χ0v) is 14.2. The van der Waals surface area contributed by atoms with Gasteiger partial charge in [-0.05, 0) is 71.2 Å². The van der Waals surface area contributed by atoms with Crippen LogP contribution in [0.3, 0.4) is 0 Å². The van der Waals surface area contributed by atoms with Crippen LogP contribution in [0, 0.1) is 19.7 Å². The Balaban J connectivity index is 2.46. The van der Waals surface area contributed by atoms with Crippen LogP contribution < -0.4 is 5.43 Å². The quantitative estimate of drug-likeness (QED) is 0.619. The Labute approximate surface area is 139 Å². The number of halogens is 3. The molecule has 0 aliphatic rings. The largest absolute Gasteiger partial charge is 0.286 e. The predicted molar refractivity (Wildman–Crippen MR) is 89.5 cm³/mol. The summed E-state index contributed by atoms with van der Waals surface area (Å²) in [5.74, 6) is -0.505. The molecular formula is C16H11BrClFN2O. The van der Waals surface area contributed by atoms with E-state index in [-0.39, 0.29) is 15.7 Å². The smallest absolute Gasteiger partial charge is 0.222 e. The van der Waals surface area contributed by atoms with E-state index in [4.69, 9.17) is 11.6 Å². The minimum Gasteiger partial charge on any atom is -0.286 e. The lowest BCUT2D eigenvalue weighted by atomic mass is 10.1. The third-order valence-corrected chi connectivity index (χ3v) is 4.35. The molecule has 1 aromatic heterocycles. The van der Waals surface area contributed by atoms with Gasteiger partial charge in [-0.15, -0.1) is 0 Å². The molecule has 3 aromatic rings. The summed E-state index contributed by atoms with van der Waals surface area (Å²) >= 11 is 8.95. The van der Waals surface area contributed by atoms with Crippen LogP contribution in [-0.4, -0.2) is 9.78 Å². The first kappa shape index (κ1) is 15.2. The Kier molecular flexibility index (Phi) is 3.78. The Bertz CT molecular complexity index is 968. The van der Waals surface area contributed by atoms with E-state index in [2.05, 4.69) is 21.0 Å². The molecule has 0 spiro atoms. The summed E-state index contributed by atoms with van der Waals surface area (Å²) in [6, 6.07) is 7.97. The van der Waals surface area contributed by atoms with Gasteiger partial charge >= 0.3 is 0 Å². The summed E-state index contributed by atoms with van der Waals surface area (Å²) in [5, 5.41) is 4.96. The molecule has 0 amide bonds. The van der Waals surface area contributed by atoms with Crippen molar-refractivity contribution in [2.75, 3.05) is 0 Å². The van der Waals surface area contributed by atoms with Crippen molar-refractivity contribution in [1.82, 2.24) is 9.78 Å². The minimum absolute atomic E-state index is 0.137. The average molecular weight is 382 g/mol. The molecule has 3 rings (SSSR count). The van der Waals surface area contributed by atoms with Crippen LogP contribution in [0.15, 0.2) is 39.7 Å². The second kappa shape index (κ2) is 5.48. The fourth-order valence-corrected chi connectivity index (χ4v) is 2.82. The van der Waals surface area contributed by atoms with E-state index < -0.39 is 5.82 Å². The Morgan fingerprint density at radius 2 is 1.86 bits per heavy atom. The highest BCUT2D eigenvalue weighted by molar-refractivity contribution is 9.10. The fourth-order valence-electron chi connectivity index (χ4n) is 2.29. The third-order valence-electron chi connectivity index (χ3n) is 3.60. The van der Waals surface area contributed by atoms with Crippen LogP contribution in [0.25, 0.3) is 16.6 Å². The van der Waals surface area contributed by atoms with Gasteiger partial charge in [0, 0.05) is 5.02 Å². The summed E-state index contributed by atoms with van der Waals surface area (Å²) in [7, 11) is 0. The molecular weight excluding hydrogens is 371 g/mol. The van der Waals surface area contributed by atoms with Crippen molar-refractivity contribution in [3.05, 3.63) is 67.1 Å². The molecule has 6 heteroatoms. The summed E-state index contributed by atoms with van der Waals surface area (Å²) < 4.78 is 15.8. The minimum atomic E-state index is -0.505. The van der Waals surface area contributed by atoms with Gasteiger partial charge in [-0.3, -0.25) is 4.79 Å². The first-order valence-electron chi connectivity index (χ1n) is 6.53. The van der Waals surface area contributed by atoms with Gasteiger partial charge in [-0.25, -0.2) is 9.07 Å². The van der Waals surface area contributed by atoms with Gasteiger partial charge in [0.25, 0.3) is 0 Å². The number of nitrogens with zero attached hydrogens (tertiary/aromatic N) is 2. The monoisotopic (exact) mass is 380 g/mol. The van der Waals surface area contributed by atoms with E-state index in [9.17, 15) is 9.18 Å². The first-order valence-corrected chi connectivity index (χ1v) is 7.71. The molecule has 2 aromatic carbocycles. The lowest BCUT2D eigenvalue weighted by molar-refractivity contribution is 0.611. The van der Waals surface area contributed by atoms with Crippen LogP contribution >= 0.6 is 27.5 Å². The zero-order valence-electron chi connectivity index (χ0n) is 11.8. The number of aryl methyl sites for hydroxylation is 2. The van der Waals surface area contributed by atoms with Gasteiger partial charge in [0.1, 0.15) is 11.5 Å². The summed E-state index contributed by atoms with van der Waals surface area (Å²) in [6.07, 6.45) is 0. The van der Waals surface area contributed by atoms with Crippen LogP contribution in [0.4, 0.5) is 4.39 Å². The van der Waals surface area contributed by atoms with Crippen LogP contribution in [0.2, 0.25) is 5.02 Å². The highest BCUT2D eigenvalue weighted by atomic mass is 79.9. The highest BCUT2D eigenvalue weighted by Crippen LogP contribution is 2.24. The highest BCUT2D eigenvalue weighted by Gasteiger charge is 2.14. The van der Waals surface area contributed by atoms with Crippen LogP contribution in [0.5, 0.6) is 0 Å². The summed E-state index contributed by atoms with van der Waals surface area (Å²) in [6.45, 7) is 3.86. The van der Waals surface area contributed by atoms with Gasteiger partial charge in [-0.2, -0.15) is 5.10 Å². The van der Waals surface area contributed by atoms with Gasteiger partial charge in [-0.1, -0.05) is 11.6 Å². The first-order chi connectivity index (χ1) is 10.4. The molecule has 0 unspecified atom stereocenters. The van der Waals surface area contributed by atoms with Crippen LogP contribution in [-0.2, 0) is 0 Å². The molecule has 0 saturated heterocycles. The van der Waals surface area contributed by atoms with Crippen molar-refractivity contribution in [2.45, 2.75) is 13.8 Å². The summed E-state index contributed by atoms with van der Waals surface area (Å²) in [5.41, 5.74) is 2.56. The molecule has 3 nitrogen and oxygen atoms in total. The van der Waals surface area contributed by atoms with Crippen molar-refractivity contribution in [3.8, 4) is 5.69 Å². The lowest BCUT2D eigenvalue weighted by Crippen LogP contribution is -2.15. The molecule has 112 valence electrons. The Hall–Kier alpha value is -1.72. The van der Waals surface area contributed by atoms with Crippen molar-refractivity contribution in [2.24, 2.45) is 0 Å². The van der Waals surface area contributed by atoms with E-state index in [1.54, 1.807) is 12.1 Å². The second-order valence-electron chi connectivity index (χ2n) is 5.08. The van der Waals surface area contributed by atoms with Gasteiger partial charge in [0.15, 0.2) is 4.60 Å². The van der Waals surface area contributed by atoms with E-state index in [1.807, 2.05) is 19.9 Å². The number of aromatic nitrogens is 2. The van der Waals surface area contributed by atoms with Crippen molar-refractivity contribution in [1.29, 1.82) is 0 Å². The summed E-state index contributed by atoms with van der Waals surface area (Å²) in [4.78, 5) is 12.3. The van der Waals surface area contributed by atoms with Crippen molar-refractivity contribution < 1.29 is 4.39 Å². The average Bonchev–Trinajstić information content (AvgIpc) is 2.46. The molecule has 0 radical (unpaired) electrons. The molecule has 0 aliphatic heterocycles. The Morgan fingerprint density at radius 3 is 2.55 bits per heavy atom. The third kappa shape index (κ3) is 2.44. The van der Waals surface area contributed by atoms with Crippen molar-refractivity contribution >= 4 is 38.4 Å². The maximum atomic E-state index is 14.2. The standard InChI is InChI=1S/C16H11BrClFN2O/c1-8-5-11-14(6-9(8)2)21(20-16(17)15(11)22)13-4-3-10(18)7-12(13)19/h3-7H,1-2H3. The topological polar surface area (TPSA) is 34.9 Å². The zero-order chi connectivity index (χ0) is 16.0. The van der Waals surface area contributed by atoms with E-state index >= 15 is 0 Å². The molecule has 0 atom stereocenters. The van der Waals surface area contributed by atoms with E-state index in [0.29, 0.717) is 15.9 Å². The fraction of sp³-hybridized carbons (Fsp3) is 0.125. The number of hydrogen-bond donors (Lipinski definition) is 0. The molecule has 1 heterocycles. The van der Waals surface area contributed by atoms with Gasteiger partial charge < -0.3 is 0 Å². The predicted octanol–water partition coefficient (Wildman–Crippen LogP) is 4.56. The van der Waals surface area contributed by atoms with Crippen LogP contribution in [0.1, 0.15) is 11.1 Å². The Morgan fingerprint density at radius 1 is 1.18 bits per heavy atom. The van der Waals surface area contributed by atoms with Crippen molar-refractivity contribution in [3.63, 3.8) is 0 Å². The molecule has 0 saturated carbocycles. The number of rotatable bonds is 1. The molecule has 0 fully saturated rings. The van der Waals surface area contributed by atoms with E-state index in [0.717, 1.165) is 11.1 Å². The lowest BCUT2D eigenvalue weighted by Gasteiger charge is -2.13. The maximum Gasteiger partial charge on any atom is 0.222 e. The van der Waals surface area contributed by atoms with Gasteiger partial charge in [0.2, 0.25) is 5.43 Å². The number of hydrogen-bond acceptors (Lipinski definition) is 2. The normalized spacial score (nSPS) is 11.1. The number of fused-ring (bicyclic) bond motifs is 1. The molecule has 0 aliphatic carbocycles. The number of benzene rings is 2. The molecule has 0 N–H and O–H groups in total. The maximum absolute atomic E-state index is 14.2.